The maximum absolute atomic E-state index is 11.4. The maximum atomic E-state index is 11.4. The van der Waals surface area contributed by atoms with Gasteiger partial charge in [-0.2, -0.15) is 0 Å². The van der Waals surface area contributed by atoms with Crippen molar-refractivity contribution in [2.45, 2.75) is 31.7 Å². The van der Waals surface area contributed by atoms with Crippen molar-refractivity contribution in [2.24, 2.45) is 10.9 Å². The Morgan fingerprint density at radius 2 is 2.50 bits per heavy atom. The lowest BCUT2D eigenvalue weighted by Gasteiger charge is -2.30. The molecule has 2 atom stereocenters. The van der Waals surface area contributed by atoms with Gasteiger partial charge in [-0.15, -0.1) is 0 Å². The molecule has 0 bridgehead atoms. The number of hydrogen-bond acceptors (Lipinski definition) is 2. The Labute approximate surface area is 72.4 Å². The molecule has 1 aliphatic carbocycles. The fourth-order valence-electron chi connectivity index (χ4n) is 2.19. The van der Waals surface area contributed by atoms with E-state index in [9.17, 15) is 4.79 Å². The van der Waals surface area contributed by atoms with Crippen molar-refractivity contribution in [3.63, 3.8) is 0 Å². The van der Waals surface area contributed by atoms with Crippen LogP contribution in [0.2, 0.25) is 0 Å². The van der Waals surface area contributed by atoms with Crippen LogP contribution in [-0.4, -0.2) is 17.5 Å². The molecule has 2 nitrogen and oxygen atoms in total. The third-order valence-electron chi connectivity index (χ3n) is 2.93. The lowest BCUT2D eigenvalue weighted by molar-refractivity contribution is -0.121. The van der Waals surface area contributed by atoms with Crippen molar-refractivity contribution >= 4 is 12.0 Å². The molecule has 2 rings (SSSR count). The predicted molar refractivity (Wildman–Crippen MR) is 48.4 cm³/mol. The Hall–Kier alpha value is -0.920. The summed E-state index contributed by atoms with van der Waals surface area (Å²) in [5.74, 6) is 0.636. The molecule has 1 heterocycles. The van der Waals surface area contributed by atoms with Gasteiger partial charge in [-0.05, 0) is 32.1 Å². The van der Waals surface area contributed by atoms with Crippen molar-refractivity contribution in [3.8, 4) is 0 Å². The van der Waals surface area contributed by atoms with Crippen LogP contribution in [0.15, 0.2) is 17.1 Å². The van der Waals surface area contributed by atoms with Gasteiger partial charge in [0.2, 0.25) is 0 Å². The second kappa shape index (κ2) is 2.54. The van der Waals surface area contributed by atoms with Crippen molar-refractivity contribution in [2.75, 3.05) is 0 Å². The number of carbonyl (C=O) groups is 1. The molecule has 0 saturated carbocycles. The molecule has 2 aliphatic rings. The average molecular weight is 163 g/mol. The molecule has 12 heavy (non-hydrogen) atoms. The Balaban J connectivity index is 2.40. The minimum Gasteiger partial charge on any atom is -0.297 e. The van der Waals surface area contributed by atoms with Crippen LogP contribution in [0.1, 0.15) is 26.2 Å². The molecule has 0 unspecified atom stereocenters. The van der Waals surface area contributed by atoms with Gasteiger partial charge >= 0.3 is 0 Å². The first kappa shape index (κ1) is 7.71. The maximum Gasteiger partial charge on any atom is 0.161 e. The summed E-state index contributed by atoms with van der Waals surface area (Å²) < 4.78 is 0. The molecular weight excluding hydrogens is 150 g/mol. The topological polar surface area (TPSA) is 29.4 Å². The summed E-state index contributed by atoms with van der Waals surface area (Å²) in [6.45, 7) is 1.64. The monoisotopic (exact) mass is 163 g/mol. The summed E-state index contributed by atoms with van der Waals surface area (Å²) >= 11 is 0. The highest BCUT2D eigenvalue weighted by Crippen LogP contribution is 2.38. The number of fused-ring (bicyclic) bond motifs is 1. The number of rotatable bonds is 1. The molecule has 0 N–H and O–H groups in total. The molecule has 0 spiro atoms. The highest BCUT2D eigenvalue weighted by molar-refractivity contribution is 5.92. The Morgan fingerprint density at radius 1 is 1.67 bits per heavy atom. The van der Waals surface area contributed by atoms with Gasteiger partial charge in [-0.25, -0.2) is 0 Å². The summed E-state index contributed by atoms with van der Waals surface area (Å²) in [7, 11) is 0. The number of ketones is 1. The molecule has 0 aromatic heterocycles. The normalized spacial score (nSPS) is 38.2. The van der Waals surface area contributed by atoms with E-state index in [0.29, 0.717) is 5.92 Å². The van der Waals surface area contributed by atoms with Crippen LogP contribution < -0.4 is 0 Å². The smallest absolute Gasteiger partial charge is 0.161 e. The van der Waals surface area contributed by atoms with E-state index in [2.05, 4.69) is 11.1 Å². The third-order valence-corrected chi connectivity index (χ3v) is 2.93. The van der Waals surface area contributed by atoms with E-state index in [1.807, 2.05) is 12.3 Å². The molecule has 0 fully saturated rings. The van der Waals surface area contributed by atoms with Crippen LogP contribution in [0.3, 0.4) is 0 Å². The quantitative estimate of drug-likeness (QED) is 0.541. The molecular formula is C10H13NO. The van der Waals surface area contributed by atoms with Crippen molar-refractivity contribution in [1.82, 2.24) is 0 Å². The van der Waals surface area contributed by atoms with E-state index in [-0.39, 0.29) is 5.78 Å². The zero-order valence-electron chi connectivity index (χ0n) is 7.29. The molecule has 64 valence electrons. The number of allylic oxidation sites excluding steroid dienone is 1. The van der Waals surface area contributed by atoms with Gasteiger partial charge in [0.15, 0.2) is 5.78 Å². The highest BCUT2D eigenvalue weighted by atomic mass is 16.1. The number of carbonyl (C=O) groups excluding carboxylic acids is 1. The van der Waals surface area contributed by atoms with Crippen LogP contribution in [-0.2, 0) is 4.79 Å². The number of Topliss-reactive ketones (excluding diaryl/α,β-unsaturated/α-hetero) is 1. The second-order valence-electron chi connectivity index (χ2n) is 3.61. The van der Waals surface area contributed by atoms with Crippen LogP contribution in [0, 0.1) is 5.92 Å². The predicted octanol–water partition coefficient (Wildman–Crippen LogP) is 1.75. The first-order chi connectivity index (χ1) is 5.76. The number of nitrogens with zero attached hydrogens (tertiary/aromatic N) is 1. The highest BCUT2D eigenvalue weighted by Gasteiger charge is 2.43. The van der Waals surface area contributed by atoms with E-state index >= 15 is 0 Å². The molecule has 0 aromatic rings. The van der Waals surface area contributed by atoms with E-state index < -0.39 is 5.54 Å². The van der Waals surface area contributed by atoms with Crippen molar-refractivity contribution < 1.29 is 4.79 Å². The number of aliphatic imine (C=N–C) groups is 1. The van der Waals surface area contributed by atoms with Gasteiger partial charge in [-0.3, -0.25) is 9.79 Å². The van der Waals surface area contributed by atoms with Crippen LogP contribution >= 0.6 is 0 Å². The minimum atomic E-state index is -0.460. The average Bonchev–Trinajstić information content (AvgIpc) is 2.48. The van der Waals surface area contributed by atoms with E-state index in [1.165, 1.54) is 0 Å². The van der Waals surface area contributed by atoms with E-state index in [0.717, 1.165) is 19.3 Å². The second-order valence-corrected chi connectivity index (χ2v) is 3.61. The summed E-state index contributed by atoms with van der Waals surface area (Å²) in [4.78, 5) is 15.8. The van der Waals surface area contributed by atoms with Crippen LogP contribution in [0.5, 0.6) is 0 Å². The minimum absolute atomic E-state index is 0.192. The third kappa shape index (κ3) is 0.872. The first-order valence-electron chi connectivity index (χ1n) is 4.48. The summed E-state index contributed by atoms with van der Waals surface area (Å²) in [5, 5.41) is 0. The molecule has 0 radical (unpaired) electrons. The van der Waals surface area contributed by atoms with Crippen molar-refractivity contribution in [3.05, 3.63) is 12.2 Å². The van der Waals surface area contributed by atoms with Crippen LogP contribution in [0.4, 0.5) is 0 Å². The van der Waals surface area contributed by atoms with Crippen molar-refractivity contribution in [1.29, 1.82) is 0 Å². The molecule has 2 heteroatoms. The van der Waals surface area contributed by atoms with E-state index in [1.54, 1.807) is 6.92 Å². The molecule has 0 amide bonds. The fraction of sp³-hybridized carbons (Fsp3) is 0.600. The van der Waals surface area contributed by atoms with Gasteiger partial charge in [0.05, 0.1) is 0 Å². The molecule has 0 aromatic carbocycles. The Morgan fingerprint density at radius 3 is 3.17 bits per heavy atom. The standard InChI is InChI=1S/C10H13NO/c1-8(12)10-6-3-2-4-9(10)5-7-11-10/h3,6-7,9H,2,4-5H2,1H3/t9-,10+/m0/s1. The summed E-state index contributed by atoms with van der Waals surface area (Å²) in [6.07, 6.45) is 9.17. The zero-order valence-corrected chi connectivity index (χ0v) is 7.29. The largest absolute Gasteiger partial charge is 0.297 e. The lowest BCUT2D eigenvalue weighted by Crippen LogP contribution is -2.39. The lowest BCUT2D eigenvalue weighted by atomic mass is 9.76. The first-order valence-corrected chi connectivity index (χ1v) is 4.48. The fourth-order valence-corrected chi connectivity index (χ4v) is 2.19. The van der Waals surface area contributed by atoms with Gasteiger partial charge < -0.3 is 0 Å². The summed E-state index contributed by atoms with van der Waals surface area (Å²) in [6, 6.07) is 0. The Bertz CT molecular complexity index is 267. The molecule has 1 aliphatic heterocycles. The Kier molecular flexibility index (Phi) is 1.63. The number of hydrogen-bond donors (Lipinski definition) is 0. The van der Waals surface area contributed by atoms with E-state index in [4.69, 9.17) is 0 Å². The van der Waals surface area contributed by atoms with Gasteiger partial charge in [0, 0.05) is 6.21 Å². The summed E-state index contributed by atoms with van der Waals surface area (Å²) in [5.41, 5.74) is -0.460. The molecule has 0 saturated heterocycles. The van der Waals surface area contributed by atoms with Gasteiger partial charge in [0.25, 0.3) is 0 Å². The van der Waals surface area contributed by atoms with Gasteiger partial charge in [0.1, 0.15) is 5.54 Å². The SMILES string of the molecule is CC(=O)[C@]12C=CCC[C@H]1CC=N2. The zero-order chi connectivity index (χ0) is 8.60. The van der Waals surface area contributed by atoms with Gasteiger partial charge in [-0.1, -0.05) is 12.2 Å². The van der Waals surface area contributed by atoms with Crippen LogP contribution in [0.25, 0.3) is 0 Å².